The number of carbonyl (C=O) groups excluding carboxylic acids is 1. The molecule has 2 amide bonds. The molecule has 0 aromatic heterocycles. The van der Waals surface area contributed by atoms with Gasteiger partial charge < -0.3 is 20.5 Å². The normalized spacial score (nSPS) is 17.2. The molecule has 1 aliphatic rings. The number of hydrogen-bond donors (Lipinski definition) is 3. The molecule has 110 valence electrons. The minimum absolute atomic E-state index is 0.0855. The zero-order chi connectivity index (χ0) is 14.8. The molecular weight excluding hydrogens is 280 g/mol. The third-order valence-corrected chi connectivity index (χ3v) is 3.92. The lowest BCUT2D eigenvalue weighted by molar-refractivity contribution is 0.159. The average Bonchev–Trinajstić information content (AvgIpc) is 3.23. The third kappa shape index (κ3) is 3.16. The molecule has 2 rings (SSSR count). The molecule has 1 saturated carbocycles. The van der Waals surface area contributed by atoms with E-state index in [1.165, 1.54) is 7.11 Å². The summed E-state index contributed by atoms with van der Waals surface area (Å²) < 4.78 is 5.17. The van der Waals surface area contributed by atoms with Gasteiger partial charge in [-0.3, -0.25) is 0 Å². The molecule has 1 aromatic carbocycles. The quantitative estimate of drug-likeness (QED) is 0.782. The van der Waals surface area contributed by atoms with E-state index in [0.29, 0.717) is 22.4 Å². The number of benzene rings is 1. The summed E-state index contributed by atoms with van der Waals surface area (Å²) in [5.41, 5.74) is -0.0933. The van der Waals surface area contributed by atoms with Gasteiger partial charge in [-0.25, -0.2) is 4.79 Å². The Morgan fingerprint density at radius 1 is 1.55 bits per heavy atom. The Bertz CT molecular complexity index is 505. The van der Waals surface area contributed by atoms with Crippen LogP contribution in [0.25, 0.3) is 0 Å². The second-order valence-electron chi connectivity index (χ2n) is 5.25. The van der Waals surface area contributed by atoms with Crippen molar-refractivity contribution in [1.82, 2.24) is 5.32 Å². The first-order valence-electron chi connectivity index (χ1n) is 6.52. The van der Waals surface area contributed by atoms with Crippen LogP contribution < -0.4 is 15.4 Å². The van der Waals surface area contributed by atoms with Gasteiger partial charge in [0.2, 0.25) is 0 Å². The van der Waals surface area contributed by atoms with E-state index in [2.05, 4.69) is 10.6 Å². The summed E-state index contributed by atoms with van der Waals surface area (Å²) >= 11 is 6.00. The van der Waals surface area contributed by atoms with E-state index < -0.39 is 5.54 Å². The van der Waals surface area contributed by atoms with Crippen LogP contribution in [-0.4, -0.2) is 30.4 Å². The molecule has 6 heteroatoms. The number of hydrogen-bond acceptors (Lipinski definition) is 3. The van der Waals surface area contributed by atoms with Crippen LogP contribution in [0.3, 0.4) is 0 Å². The van der Waals surface area contributed by atoms with E-state index in [9.17, 15) is 9.90 Å². The third-order valence-electron chi connectivity index (χ3n) is 3.63. The summed E-state index contributed by atoms with van der Waals surface area (Å²) in [6.45, 7) is 1.76. The first-order chi connectivity index (χ1) is 9.50. The lowest BCUT2D eigenvalue weighted by atomic mass is 9.97. The van der Waals surface area contributed by atoms with Gasteiger partial charge in [-0.2, -0.15) is 0 Å². The molecule has 0 radical (unpaired) electrons. The number of methoxy groups -OCH3 is 1. The highest BCUT2D eigenvalue weighted by atomic mass is 35.5. The molecule has 1 aromatic rings. The summed E-state index contributed by atoms with van der Waals surface area (Å²) in [6, 6.07) is 4.74. The SMILES string of the molecule is COc1c(Cl)cccc1NC(=O)NC(C)(CO)C1CC1. The van der Waals surface area contributed by atoms with Crippen LogP contribution in [0.2, 0.25) is 5.02 Å². The monoisotopic (exact) mass is 298 g/mol. The lowest BCUT2D eigenvalue weighted by Crippen LogP contribution is -2.52. The van der Waals surface area contributed by atoms with Crippen molar-refractivity contribution in [2.75, 3.05) is 19.0 Å². The largest absolute Gasteiger partial charge is 0.493 e. The number of para-hydroxylation sites is 1. The van der Waals surface area contributed by atoms with E-state index in [0.717, 1.165) is 12.8 Å². The fourth-order valence-corrected chi connectivity index (χ4v) is 2.47. The zero-order valence-electron chi connectivity index (χ0n) is 11.6. The van der Waals surface area contributed by atoms with Crippen LogP contribution >= 0.6 is 11.6 Å². The van der Waals surface area contributed by atoms with Gasteiger partial charge in [-0.1, -0.05) is 17.7 Å². The van der Waals surface area contributed by atoms with Crippen LogP contribution in [0.4, 0.5) is 10.5 Å². The van der Waals surface area contributed by atoms with Crippen LogP contribution in [-0.2, 0) is 0 Å². The Balaban J connectivity index is 2.06. The first kappa shape index (κ1) is 14.9. The zero-order valence-corrected chi connectivity index (χ0v) is 12.3. The molecule has 0 spiro atoms. The number of carbonyl (C=O) groups is 1. The Hall–Kier alpha value is -1.46. The predicted octanol–water partition coefficient (Wildman–Crippen LogP) is 2.63. The summed E-state index contributed by atoms with van der Waals surface area (Å²) in [6.07, 6.45) is 2.05. The topological polar surface area (TPSA) is 70.6 Å². The predicted molar refractivity (Wildman–Crippen MR) is 78.4 cm³/mol. The molecular formula is C14H19ClN2O3. The molecule has 0 bridgehead atoms. The van der Waals surface area contributed by atoms with Gasteiger partial charge in [0.05, 0.1) is 30.0 Å². The standard InChI is InChI=1S/C14H19ClN2O3/c1-14(8-18,9-6-7-9)17-13(19)16-11-5-3-4-10(15)12(11)20-2/h3-5,9,18H,6-8H2,1-2H3,(H2,16,17,19). The van der Waals surface area contributed by atoms with Gasteiger partial charge in [0.1, 0.15) is 0 Å². The highest BCUT2D eigenvalue weighted by Crippen LogP contribution is 2.39. The van der Waals surface area contributed by atoms with Gasteiger partial charge in [0, 0.05) is 0 Å². The maximum absolute atomic E-state index is 12.1. The Kier molecular flexibility index (Phi) is 4.40. The number of anilines is 1. The van der Waals surface area contributed by atoms with Crippen molar-refractivity contribution in [3.8, 4) is 5.75 Å². The van der Waals surface area contributed by atoms with Gasteiger partial charge >= 0.3 is 6.03 Å². The van der Waals surface area contributed by atoms with Gasteiger partial charge in [0.25, 0.3) is 0 Å². The van der Waals surface area contributed by atoms with E-state index in [4.69, 9.17) is 16.3 Å². The Morgan fingerprint density at radius 3 is 2.80 bits per heavy atom. The number of amides is 2. The second-order valence-corrected chi connectivity index (χ2v) is 5.66. The van der Waals surface area contributed by atoms with Crippen LogP contribution in [0.1, 0.15) is 19.8 Å². The minimum Gasteiger partial charge on any atom is -0.493 e. The van der Waals surface area contributed by atoms with Gasteiger partial charge in [0.15, 0.2) is 5.75 Å². The summed E-state index contributed by atoms with van der Waals surface area (Å²) in [7, 11) is 1.49. The van der Waals surface area contributed by atoms with E-state index >= 15 is 0 Å². The molecule has 0 saturated heterocycles. The Labute approximate surface area is 123 Å². The second kappa shape index (κ2) is 5.89. The lowest BCUT2D eigenvalue weighted by Gasteiger charge is -2.28. The molecule has 5 nitrogen and oxygen atoms in total. The number of rotatable bonds is 5. The fraction of sp³-hybridized carbons (Fsp3) is 0.500. The van der Waals surface area contributed by atoms with Crippen molar-refractivity contribution in [2.45, 2.75) is 25.3 Å². The summed E-state index contributed by atoms with van der Waals surface area (Å²) in [4.78, 5) is 12.1. The molecule has 1 aliphatic carbocycles. The fourth-order valence-electron chi connectivity index (χ4n) is 2.22. The maximum Gasteiger partial charge on any atom is 0.319 e. The molecule has 1 unspecified atom stereocenters. The first-order valence-corrected chi connectivity index (χ1v) is 6.90. The molecule has 0 aliphatic heterocycles. The van der Waals surface area contributed by atoms with Crippen LogP contribution in [0.5, 0.6) is 5.75 Å². The number of urea groups is 1. The van der Waals surface area contributed by atoms with Crippen molar-refractivity contribution in [1.29, 1.82) is 0 Å². The molecule has 3 N–H and O–H groups in total. The number of aliphatic hydroxyl groups is 1. The highest BCUT2D eigenvalue weighted by molar-refractivity contribution is 6.32. The number of halogens is 1. The van der Waals surface area contributed by atoms with E-state index in [1.807, 2.05) is 6.92 Å². The summed E-state index contributed by atoms with van der Waals surface area (Å²) in [5.74, 6) is 0.751. The van der Waals surface area contributed by atoms with Crippen LogP contribution in [0, 0.1) is 5.92 Å². The highest BCUT2D eigenvalue weighted by Gasteiger charge is 2.42. The van der Waals surface area contributed by atoms with Gasteiger partial charge in [-0.05, 0) is 37.8 Å². The van der Waals surface area contributed by atoms with Crippen molar-refractivity contribution in [3.05, 3.63) is 23.2 Å². The van der Waals surface area contributed by atoms with Crippen molar-refractivity contribution >= 4 is 23.3 Å². The molecule has 20 heavy (non-hydrogen) atoms. The van der Waals surface area contributed by atoms with Crippen molar-refractivity contribution < 1.29 is 14.6 Å². The number of nitrogens with one attached hydrogen (secondary N) is 2. The van der Waals surface area contributed by atoms with Gasteiger partial charge in [-0.15, -0.1) is 0 Å². The minimum atomic E-state index is -0.587. The number of aliphatic hydroxyl groups excluding tert-OH is 1. The molecule has 1 atom stereocenters. The smallest absolute Gasteiger partial charge is 0.319 e. The maximum atomic E-state index is 12.1. The van der Waals surface area contributed by atoms with Crippen molar-refractivity contribution in [2.24, 2.45) is 5.92 Å². The van der Waals surface area contributed by atoms with E-state index in [1.54, 1.807) is 18.2 Å². The molecule has 0 heterocycles. The Morgan fingerprint density at radius 2 is 2.25 bits per heavy atom. The van der Waals surface area contributed by atoms with Crippen LogP contribution in [0.15, 0.2) is 18.2 Å². The van der Waals surface area contributed by atoms with E-state index in [-0.39, 0.29) is 12.6 Å². The molecule has 1 fully saturated rings. The number of ether oxygens (including phenoxy) is 1. The average molecular weight is 299 g/mol. The summed E-state index contributed by atoms with van der Waals surface area (Å²) in [5, 5.41) is 15.4. The van der Waals surface area contributed by atoms with Crippen molar-refractivity contribution in [3.63, 3.8) is 0 Å².